The Kier molecular flexibility index (Phi) is 4.18. The summed E-state index contributed by atoms with van der Waals surface area (Å²) < 4.78 is 9.83. The number of methoxy groups -OCH3 is 1. The van der Waals surface area contributed by atoms with Crippen LogP contribution in [0.4, 0.5) is 0 Å². The second-order valence-corrected chi connectivity index (χ2v) is 3.36. The smallest absolute Gasteiger partial charge is 0.336 e. The van der Waals surface area contributed by atoms with Crippen LogP contribution in [0.5, 0.6) is 0 Å². The van der Waals surface area contributed by atoms with E-state index in [0.717, 1.165) is 12.3 Å². The maximum Gasteiger partial charge on any atom is 0.336 e. The van der Waals surface area contributed by atoms with E-state index in [0.29, 0.717) is 6.61 Å². The zero-order valence-corrected chi connectivity index (χ0v) is 7.99. The summed E-state index contributed by atoms with van der Waals surface area (Å²) in [5.74, 6) is 0.442. The first-order valence-corrected chi connectivity index (χ1v) is 4.67. The fourth-order valence-electron chi connectivity index (χ4n) is 1.11. The summed E-state index contributed by atoms with van der Waals surface area (Å²) in [6.07, 6.45) is 2.94. The summed E-state index contributed by atoms with van der Waals surface area (Å²) in [5.41, 5.74) is 5.30. The summed E-state index contributed by atoms with van der Waals surface area (Å²) in [7, 11) is 1.46. The third kappa shape index (κ3) is 3.74. The van der Waals surface area contributed by atoms with Crippen molar-refractivity contribution in [2.24, 2.45) is 11.7 Å². The molecule has 76 valence electrons. The van der Waals surface area contributed by atoms with Crippen LogP contribution in [0, 0.1) is 5.92 Å². The van der Waals surface area contributed by atoms with Crippen LogP contribution in [0.25, 0.3) is 0 Å². The minimum atomic E-state index is -0.598. The predicted molar refractivity (Wildman–Crippen MR) is 48.2 cm³/mol. The van der Waals surface area contributed by atoms with Gasteiger partial charge in [-0.3, -0.25) is 0 Å². The highest BCUT2D eigenvalue weighted by Gasteiger charge is 2.22. The molecule has 1 saturated carbocycles. The second kappa shape index (κ2) is 5.19. The first kappa shape index (κ1) is 10.5. The van der Waals surface area contributed by atoms with Crippen LogP contribution in [-0.2, 0) is 14.3 Å². The van der Waals surface area contributed by atoms with Crippen molar-refractivity contribution in [1.82, 2.24) is 0 Å². The number of carbonyl (C=O) groups is 1. The minimum absolute atomic E-state index is 0.179. The van der Waals surface area contributed by atoms with Gasteiger partial charge in [0.25, 0.3) is 0 Å². The van der Waals surface area contributed by atoms with Gasteiger partial charge in [0, 0.05) is 13.7 Å². The van der Waals surface area contributed by atoms with Gasteiger partial charge >= 0.3 is 5.97 Å². The number of hydrogen-bond donors (Lipinski definition) is 1. The lowest BCUT2D eigenvalue weighted by molar-refractivity contribution is -0.154. The van der Waals surface area contributed by atoms with Gasteiger partial charge in [0.15, 0.2) is 6.10 Å². The second-order valence-electron chi connectivity index (χ2n) is 3.36. The molecular weight excluding hydrogens is 170 g/mol. The van der Waals surface area contributed by atoms with Crippen molar-refractivity contribution in [2.75, 3.05) is 20.3 Å². The SMILES string of the molecule is COC(CN)C(=O)OCCC1CC1. The van der Waals surface area contributed by atoms with Gasteiger partial charge < -0.3 is 15.2 Å². The number of rotatable bonds is 6. The Hall–Kier alpha value is -0.610. The molecule has 1 aliphatic carbocycles. The molecule has 0 aromatic rings. The molecule has 1 rings (SSSR count). The Balaban J connectivity index is 2.07. The van der Waals surface area contributed by atoms with E-state index in [4.69, 9.17) is 15.2 Å². The standard InChI is InChI=1S/C9H17NO3/c1-12-8(6-10)9(11)13-5-4-7-2-3-7/h7-8H,2-6,10H2,1H3. The van der Waals surface area contributed by atoms with Crippen molar-refractivity contribution in [2.45, 2.75) is 25.4 Å². The number of carbonyl (C=O) groups excluding carboxylic acids is 1. The molecule has 1 unspecified atom stereocenters. The average molecular weight is 187 g/mol. The molecule has 0 amide bonds. The molecule has 0 aromatic heterocycles. The molecule has 0 aliphatic heterocycles. The van der Waals surface area contributed by atoms with E-state index in [1.54, 1.807) is 0 Å². The fourth-order valence-corrected chi connectivity index (χ4v) is 1.11. The number of ether oxygens (including phenoxy) is 2. The van der Waals surface area contributed by atoms with Crippen LogP contribution in [0.1, 0.15) is 19.3 Å². The maximum atomic E-state index is 11.2. The molecule has 4 nitrogen and oxygen atoms in total. The molecule has 1 aliphatic rings. The first-order valence-electron chi connectivity index (χ1n) is 4.67. The average Bonchev–Trinajstić information content (AvgIpc) is 2.90. The summed E-state index contributed by atoms with van der Waals surface area (Å²) in [5, 5.41) is 0. The molecule has 1 fully saturated rings. The van der Waals surface area contributed by atoms with Crippen molar-refractivity contribution in [3.8, 4) is 0 Å². The van der Waals surface area contributed by atoms with E-state index in [1.165, 1.54) is 20.0 Å². The van der Waals surface area contributed by atoms with E-state index >= 15 is 0 Å². The van der Waals surface area contributed by atoms with Gasteiger partial charge in [0.05, 0.1) is 6.61 Å². The summed E-state index contributed by atoms with van der Waals surface area (Å²) in [6, 6.07) is 0. The Morgan fingerprint density at radius 2 is 2.31 bits per heavy atom. The number of nitrogens with two attached hydrogens (primary N) is 1. The number of hydrogen-bond acceptors (Lipinski definition) is 4. The largest absolute Gasteiger partial charge is 0.464 e. The lowest BCUT2D eigenvalue weighted by atomic mass is 10.3. The Morgan fingerprint density at radius 3 is 2.77 bits per heavy atom. The zero-order chi connectivity index (χ0) is 9.68. The monoisotopic (exact) mass is 187 g/mol. The molecule has 0 saturated heterocycles. The first-order chi connectivity index (χ1) is 6.27. The van der Waals surface area contributed by atoms with E-state index < -0.39 is 6.10 Å². The summed E-state index contributed by atoms with van der Waals surface area (Å²) in [6.45, 7) is 0.683. The molecule has 0 heterocycles. The van der Waals surface area contributed by atoms with Gasteiger partial charge in [-0.2, -0.15) is 0 Å². The lowest BCUT2D eigenvalue weighted by Gasteiger charge is -2.11. The zero-order valence-electron chi connectivity index (χ0n) is 7.99. The minimum Gasteiger partial charge on any atom is -0.464 e. The predicted octanol–water partition coefficient (Wildman–Crippen LogP) is 0.303. The number of esters is 1. The van der Waals surface area contributed by atoms with Crippen LogP contribution in [0.2, 0.25) is 0 Å². The van der Waals surface area contributed by atoms with E-state index in [1.807, 2.05) is 0 Å². The van der Waals surface area contributed by atoms with Crippen molar-refractivity contribution in [3.05, 3.63) is 0 Å². The highest BCUT2D eigenvalue weighted by Crippen LogP contribution is 2.32. The van der Waals surface area contributed by atoms with Crippen LogP contribution in [0.3, 0.4) is 0 Å². The van der Waals surface area contributed by atoms with Crippen LogP contribution < -0.4 is 5.73 Å². The van der Waals surface area contributed by atoms with Gasteiger partial charge in [-0.05, 0) is 12.3 Å². The molecular formula is C9H17NO3. The van der Waals surface area contributed by atoms with Crippen molar-refractivity contribution in [1.29, 1.82) is 0 Å². The summed E-state index contributed by atoms with van der Waals surface area (Å²) >= 11 is 0. The molecule has 1 atom stereocenters. The molecule has 0 aromatic carbocycles. The third-order valence-corrected chi connectivity index (χ3v) is 2.23. The van der Waals surface area contributed by atoms with Crippen LogP contribution >= 0.6 is 0 Å². The lowest BCUT2D eigenvalue weighted by Crippen LogP contribution is -2.33. The topological polar surface area (TPSA) is 61.5 Å². The van der Waals surface area contributed by atoms with Gasteiger partial charge in [-0.1, -0.05) is 12.8 Å². The normalized spacial score (nSPS) is 18.3. The van der Waals surface area contributed by atoms with E-state index in [9.17, 15) is 4.79 Å². The van der Waals surface area contributed by atoms with Crippen molar-refractivity contribution in [3.63, 3.8) is 0 Å². The maximum absolute atomic E-state index is 11.2. The van der Waals surface area contributed by atoms with Gasteiger partial charge in [-0.25, -0.2) is 4.79 Å². The molecule has 0 bridgehead atoms. The van der Waals surface area contributed by atoms with Gasteiger partial charge in [-0.15, -0.1) is 0 Å². The molecule has 0 radical (unpaired) electrons. The molecule has 13 heavy (non-hydrogen) atoms. The summed E-state index contributed by atoms with van der Waals surface area (Å²) in [4.78, 5) is 11.2. The van der Waals surface area contributed by atoms with E-state index in [-0.39, 0.29) is 12.5 Å². The molecule has 2 N–H and O–H groups in total. The Labute approximate surface area is 78.4 Å². The third-order valence-electron chi connectivity index (χ3n) is 2.23. The highest BCUT2D eigenvalue weighted by atomic mass is 16.6. The van der Waals surface area contributed by atoms with Crippen LogP contribution in [0.15, 0.2) is 0 Å². The molecule has 0 spiro atoms. The Morgan fingerprint density at radius 1 is 1.62 bits per heavy atom. The van der Waals surface area contributed by atoms with E-state index in [2.05, 4.69) is 0 Å². The quantitative estimate of drug-likeness (QED) is 0.608. The van der Waals surface area contributed by atoms with Gasteiger partial charge in [0.2, 0.25) is 0 Å². The van der Waals surface area contributed by atoms with Crippen LogP contribution in [-0.4, -0.2) is 32.3 Å². The Bertz CT molecular complexity index is 164. The van der Waals surface area contributed by atoms with Crippen molar-refractivity contribution >= 4 is 5.97 Å². The van der Waals surface area contributed by atoms with Crippen molar-refractivity contribution < 1.29 is 14.3 Å². The van der Waals surface area contributed by atoms with Gasteiger partial charge in [0.1, 0.15) is 0 Å². The molecule has 4 heteroatoms. The fraction of sp³-hybridized carbons (Fsp3) is 0.889. The highest BCUT2D eigenvalue weighted by molar-refractivity contribution is 5.74.